The zero-order valence-corrected chi connectivity index (χ0v) is 11.0. The number of carbonyl (C=O) groups is 1. The maximum absolute atomic E-state index is 12.0. The lowest BCUT2D eigenvalue weighted by Crippen LogP contribution is -2.31. The van der Waals surface area contributed by atoms with Gasteiger partial charge in [0.1, 0.15) is 4.88 Å². The van der Waals surface area contributed by atoms with Gasteiger partial charge in [-0.15, -0.1) is 11.3 Å². The molecule has 1 atom stereocenters. The number of hydrogen-bond acceptors (Lipinski definition) is 3. The third-order valence-corrected chi connectivity index (χ3v) is 3.61. The molecular weight excluding hydrogens is 248 g/mol. The summed E-state index contributed by atoms with van der Waals surface area (Å²) in [6, 6.07) is 5.75. The summed E-state index contributed by atoms with van der Waals surface area (Å²) in [5.74, 6) is -0.138. The molecule has 0 saturated heterocycles. The van der Waals surface area contributed by atoms with Crippen molar-refractivity contribution < 1.29 is 9.90 Å². The predicted octanol–water partition coefficient (Wildman–Crippen LogP) is 2.04. The van der Waals surface area contributed by atoms with Gasteiger partial charge in [0.15, 0.2) is 0 Å². The fourth-order valence-electron chi connectivity index (χ4n) is 1.61. The summed E-state index contributed by atoms with van der Waals surface area (Å²) >= 11 is 1.40. The molecule has 1 unspecified atom stereocenters. The fraction of sp³-hybridized carbons (Fsp3) is 0.308. The summed E-state index contributed by atoms with van der Waals surface area (Å²) in [7, 11) is 0. The predicted molar refractivity (Wildman–Crippen MR) is 72.3 cm³/mol. The van der Waals surface area contributed by atoms with E-state index in [2.05, 4.69) is 5.32 Å². The molecule has 18 heavy (non-hydrogen) atoms. The van der Waals surface area contributed by atoms with Gasteiger partial charge in [-0.05, 0) is 30.0 Å². The topological polar surface area (TPSA) is 54.3 Å². The van der Waals surface area contributed by atoms with Crippen molar-refractivity contribution in [2.75, 3.05) is 6.54 Å². The minimum atomic E-state index is -0.482. The van der Waals surface area contributed by atoms with Crippen molar-refractivity contribution in [3.63, 3.8) is 0 Å². The average molecular weight is 264 g/mol. The molecule has 0 aliphatic heterocycles. The number of nitrogens with zero attached hydrogens (tertiary/aromatic N) is 1. The Hall–Kier alpha value is -1.59. The largest absolute Gasteiger partial charge is 0.391 e. The number of nitrogens with one attached hydrogen (secondary N) is 1. The molecule has 2 N–H and O–H groups in total. The molecule has 0 bridgehead atoms. The van der Waals surface area contributed by atoms with Gasteiger partial charge in [-0.25, -0.2) is 0 Å². The average Bonchev–Trinajstić information content (AvgIpc) is 3.04. The van der Waals surface area contributed by atoms with E-state index in [1.807, 2.05) is 47.5 Å². The van der Waals surface area contributed by atoms with E-state index in [1.165, 1.54) is 11.3 Å². The molecule has 0 aliphatic rings. The van der Waals surface area contributed by atoms with Crippen LogP contribution in [0.2, 0.25) is 0 Å². The Kier molecular flexibility index (Phi) is 4.17. The van der Waals surface area contributed by atoms with Gasteiger partial charge in [0.2, 0.25) is 0 Å². The lowest BCUT2D eigenvalue weighted by Gasteiger charge is -2.10. The molecule has 96 valence electrons. The van der Waals surface area contributed by atoms with E-state index >= 15 is 0 Å². The molecule has 0 saturated carbocycles. The second-order valence-corrected chi connectivity index (χ2v) is 4.91. The number of aromatic nitrogens is 1. The second-order valence-electron chi connectivity index (χ2n) is 4.00. The fourth-order valence-corrected chi connectivity index (χ4v) is 2.41. The van der Waals surface area contributed by atoms with E-state index < -0.39 is 6.10 Å². The maximum atomic E-state index is 12.0. The smallest absolute Gasteiger partial charge is 0.263 e. The third-order valence-electron chi connectivity index (χ3n) is 2.70. The van der Waals surface area contributed by atoms with Gasteiger partial charge in [-0.1, -0.05) is 6.92 Å². The first-order valence-corrected chi connectivity index (χ1v) is 6.77. The van der Waals surface area contributed by atoms with Crippen LogP contribution in [0, 0.1) is 0 Å². The Morgan fingerprint density at radius 2 is 2.22 bits per heavy atom. The molecule has 0 radical (unpaired) electrons. The van der Waals surface area contributed by atoms with Crippen LogP contribution >= 0.6 is 11.3 Å². The van der Waals surface area contributed by atoms with Crippen LogP contribution in [-0.2, 0) is 0 Å². The number of carbonyl (C=O) groups excluding carboxylic acids is 1. The molecule has 0 spiro atoms. The SMILES string of the molecule is CCC(O)CNC(=O)c1sccc1-n1cccc1. The molecular formula is C13H16N2O2S. The van der Waals surface area contributed by atoms with Crippen molar-refractivity contribution in [3.05, 3.63) is 40.8 Å². The Bertz CT molecular complexity index is 505. The van der Waals surface area contributed by atoms with Crippen LogP contribution < -0.4 is 5.32 Å². The zero-order chi connectivity index (χ0) is 13.0. The van der Waals surface area contributed by atoms with Gasteiger partial charge < -0.3 is 15.0 Å². The van der Waals surface area contributed by atoms with E-state index in [-0.39, 0.29) is 5.91 Å². The van der Waals surface area contributed by atoms with Crippen molar-refractivity contribution in [1.82, 2.24) is 9.88 Å². The minimum absolute atomic E-state index is 0.138. The van der Waals surface area contributed by atoms with Crippen molar-refractivity contribution in [3.8, 4) is 5.69 Å². The monoisotopic (exact) mass is 264 g/mol. The van der Waals surface area contributed by atoms with Gasteiger partial charge in [-0.3, -0.25) is 4.79 Å². The Morgan fingerprint density at radius 3 is 2.89 bits per heavy atom. The van der Waals surface area contributed by atoms with Crippen molar-refractivity contribution in [2.45, 2.75) is 19.4 Å². The first kappa shape index (κ1) is 12.9. The summed E-state index contributed by atoms with van der Waals surface area (Å²) < 4.78 is 1.90. The summed E-state index contributed by atoms with van der Waals surface area (Å²) in [5, 5.41) is 14.1. The Morgan fingerprint density at radius 1 is 1.50 bits per heavy atom. The first-order valence-electron chi connectivity index (χ1n) is 5.89. The molecule has 2 heterocycles. The van der Waals surface area contributed by atoms with E-state index in [9.17, 15) is 9.90 Å². The lowest BCUT2D eigenvalue weighted by atomic mass is 10.3. The molecule has 0 aromatic carbocycles. The van der Waals surface area contributed by atoms with Gasteiger partial charge in [-0.2, -0.15) is 0 Å². The molecule has 1 amide bonds. The number of hydrogen-bond donors (Lipinski definition) is 2. The second kappa shape index (κ2) is 5.84. The summed E-state index contributed by atoms with van der Waals surface area (Å²) in [5.41, 5.74) is 0.869. The quantitative estimate of drug-likeness (QED) is 0.868. The van der Waals surface area contributed by atoms with Crippen molar-refractivity contribution in [2.24, 2.45) is 0 Å². The minimum Gasteiger partial charge on any atom is -0.391 e. The van der Waals surface area contributed by atoms with E-state index in [0.29, 0.717) is 17.8 Å². The Balaban J connectivity index is 2.10. The van der Waals surface area contributed by atoms with Crippen LogP contribution in [0.4, 0.5) is 0 Å². The highest BCUT2D eigenvalue weighted by Gasteiger charge is 2.14. The number of thiophene rings is 1. The number of aliphatic hydroxyl groups excluding tert-OH is 1. The van der Waals surface area contributed by atoms with Gasteiger partial charge in [0.25, 0.3) is 5.91 Å². The normalized spacial score (nSPS) is 12.3. The van der Waals surface area contributed by atoms with Crippen molar-refractivity contribution >= 4 is 17.2 Å². The highest BCUT2D eigenvalue weighted by molar-refractivity contribution is 7.12. The molecule has 0 aliphatic carbocycles. The molecule has 0 fully saturated rings. The lowest BCUT2D eigenvalue weighted by molar-refractivity contribution is 0.0918. The van der Waals surface area contributed by atoms with Crippen LogP contribution in [0.1, 0.15) is 23.0 Å². The summed E-state index contributed by atoms with van der Waals surface area (Å²) in [6.45, 7) is 2.17. The van der Waals surface area contributed by atoms with E-state index in [0.717, 1.165) is 5.69 Å². The highest BCUT2D eigenvalue weighted by atomic mass is 32.1. The van der Waals surface area contributed by atoms with Gasteiger partial charge >= 0.3 is 0 Å². The van der Waals surface area contributed by atoms with Crippen molar-refractivity contribution in [1.29, 1.82) is 0 Å². The van der Waals surface area contributed by atoms with Crippen LogP contribution in [-0.4, -0.2) is 28.2 Å². The number of rotatable bonds is 5. The van der Waals surface area contributed by atoms with E-state index in [4.69, 9.17) is 0 Å². The third kappa shape index (κ3) is 2.80. The summed E-state index contributed by atoms with van der Waals surface area (Å²) in [6.07, 6.45) is 3.96. The molecule has 2 rings (SSSR count). The molecule has 5 heteroatoms. The summed E-state index contributed by atoms with van der Waals surface area (Å²) in [4.78, 5) is 12.7. The first-order chi connectivity index (χ1) is 8.72. The van der Waals surface area contributed by atoms with Crippen LogP contribution in [0.15, 0.2) is 36.0 Å². The standard InChI is InChI=1S/C13H16N2O2S/c1-2-10(16)9-14-13(17)12-11(5-8-18-12)15-6-3-4-7-15/h3-8,10,16H,2,9H2,1H3,(H,14,17). The Labute approximate surface area is 110 Å². The number of aliphatic hydroxyl groups is 1. The molecule has 4 nitrogen and oxygen atoms in total. The molecule has 2 aromatic rings. The van der Waals surface area contributed by atoms with Gasteiger partial charge in [0.05, 0.1) is 11.8 Å². The zero-order valence-electron chi connectivity index (χ0n) is 10.2. The maximum Gasteiger partial charge on any atom is 0.263 e. The highest BCUT2D eigenvalue weighted by Crippen LogP contribution is 2.21. The van der Waals surface area contributed by atoms with Crippen LogP contribution in [0.25, 0.3) is 5.69 Å². The van der Waals surface area contributed by atoms with E-state index in [1.54, 1.807) is 0 Å². The van der Waals surface area contributed by atoms with Crippen LogP contribution in [0.5, 0.6) is 0 Å². The molecule has 2 aromatic heterocycles. The van der Waals surface area contributed by atoms with Crippen LogP contribution in [0.3, 0.4) is 0 Å². The van der Waals surface area contributed by atoms with Gasteiger partial charge in [0, 0.05) is 18.9 Å². The number of amides is 1.